The first-order valence-electron chi connectivity index (χ1n) is 7.13. The van der Waals surface area contributed by atoms with Crippen molar-refractivity contribution in [2.45, 2.75) is 32.9 Å². The van der Waals surface area contributed by atoms with E-state index in [-0.39, 0.29) is 5.91 Å². The summed E-state index contributed by atoms with van der Waals surface area (Å²) < 4.78 is 5.20. The van der Waals surface area contributed by atoms with Crippen molar-refractivity contribution in [1.82, 2.24) is 4.90 Å². The number of carbonyl (C=O) groups is 1. The highest BCUT2D eigenvalue weighted by molar-refractivity contribution is 5.93. The number of rotatable bonds is 5. The van der Waals surface area contributed by atoms with E-state index in [9.17, 15) is 4.79 Å². The number of nitrogens with two attached hydrogens (primary N) is 1. The molecule has 0 radical (unpaired) electrons. The molecular formula is C17H22N2O2. The zero-order chi connectivity index (χ0) is 15.4. The van der Waals surface area contributed by atoms with E-state index in [1.165, 1.54) is 11.8 Å². The van der Waals surface area contributed by atoms with Gasteiger partial charge in [-0.05, 0) is 23.1 Å². The molecule has 0 unspecified atom stereocenters. The van der Waals surface area contributed by atoms with Gasteiger partial charge in [0.05, 0.1) is 12.1 Å². The second-order valence-electron chi connectivity index (χ2n) is 5.56. The van der Waals surface area contributed by atoms with E-state index < -0.39 is 0 Å². The highest BCUT2D eigenvalue weighted by Crippen LogP contribution is 2.16. The van der Waals surface area contributed by atoms with Gasteiger partial charge in [0.1, 0.15) is 12.0 Å². The number of furan rings is 1. The monoisotopic (exact) mass is 286 g/mol. The van der Waals surface area contributed by atoms with E-state index in [1.54, 1.807) is 18.0 Å². The van der Waals surface area contributed by atoms with Crippen LogP contribution in [0.25, 0.3) is 0 Å². The molecule has 1 heterocycles. The van der Waals surface area contributed by atoms with Gasteiger partial charge >= 0.3 is 0 Å². The molecule has 0 bridgehead atoms. The van der Waals surface area contributed by atoms with Crippen LogP contribution in [-0.4, -0.2) is 17.9 Å². The van der Waals surface area contributed by atoms with Gasteiger partial charge in [0, 0.05) is 13.6 Å². The lowest BCUT2D eigenvalue weighted by Gasteiger charge is -2.17. The maximum absolute atomic E-state index is 12.3. The number of nitrogens with zero attached hydrogens (tertiary/aromatic N) is 1. The van der Waals surface area contributed by atoms with Gasteiger partial charge in [0.2, 0.25) is 0 Å². The van der Waals surface area contributed by atoms with Crippen molar-refractivity contribution in [1.29, 1.82) is 0 Å². The lowest BCUT2D eigenvalue weighted by molar-refractivity contribution is 0.0784. The Kier molecular flexibility index (Phi) is 4.81. The Morgan fingerprint density at radius 3 is 2.48 bits per heavy atom. The average molecular weight is 286 g/mol. The van der Waals surface area contributed by atoms with Gasteiger partial charge in [0.15, 0.2) is 0 Å². The van der Waals surface area contributed by atoms with Crippen LogP contribution < -0.4 is 5.73 Å². The molecule has 0 aliphatic rings. The van der Waals surface area contributed by atoms with Crippen molar-refractivity contribution in [2.75, 3.05) is 7.05 Å². The minimum Gasteiger partial charge on any atom is -0.467 e. The number of hydrogen-bond acceptors (Lipinski definition) is 3. The van der Waals surface area contributed by atoms with Gasteiger partial charge in [-0.25, -0.2) is 0 Å². The van der Waals surface area contributed by atoms with Crippen molar-refractivity contribution >= 4 is 5.91 Å². The third-order valence-electron chi connectivity index (χ3n) is 3.51. The summed E-state index contributed by atoms with van der Waals surface area (Å²) in [7, 11) is 1.79. The first kappa shape index (κ1) is 15.3. The van der Waals surface area contributed by atoms with Crippen LogP contribution in [0.4, 0.5) is 0 Å². The van der Waals surface area contributed by atoms with Gasteiger partial charge in [-0.1, -0.05) is 38.1 Å². The van der Waals surface area contributed by atoms with Crippen LogP contribution in [0.1, 0.15) is 47.0 Å². The van der Waals surface area contributed by atoms with Gasteiger partial charge in [-0.2, -0.15) is 0 Å². The number of benzene rings is 1. The molecule has 21 heavy (non-hydrogen) atoms. The van der Waals surface area contributed by atoms with Gasteiger partial charge in [0.25, 0.3) is 5.91 Å². The quantitative estimate of drug-likeness (QED) is 0.918. The Morgan fingerprint density at radius 2 is 1.95 bits per heavy atom. The molecule has 0 saturated carbocycles. The molecule has 1 aromatic carbocycles. The summed E-state index contributed by atoms with van der Waals surface area (Å²) in [5.74, 6) is 1.07. The van der Waals surface area contributed by atoms with Crippen LogP contribution in [0.5, 0.6) is 0 Å². The van der Waals surface area contributed by atoms with Crippen LogP contribution in [0.3, 0.4) is 0 Å². The molecule has 0 fully saturated rings. The molecule has 0 saturated heterocycles. The molecule has 0 atom stereocenters. The molecule has 0 aliphatic carbocycles. The third kappa shape index (κ3) is 3.73. The maximum atomic E-state index is 12.3. The van der Waals surface area contributed by atoms with Crippen LogP contribution in [0.2, 0.25) is 0 Å². The summed E-state index contributed by atoms with van der Waals surface area (Å²) >= 11 is 0. The molecule has 2 N–H and O–H groups in total. The molecule has 2 rings (SSSR count). The summed E-state index contributed by atoms with van der Waals surface area (Å²) in [6.45, 7) is 5.20. The highest BCUT2D eigenvalue weighted by atomic mass is 16.3. The predicted octanol–water partition coefficient (Wildman–Crippen LogP) is 3.13. The highest BCUT2D eigenvalue weighted by Gasteiger charge is 2.14. The van der Waals surface area contributed by atoms with E-state index in [4.69, 9.17) is 10.2 Å². The fraction of sp³-hybridized carbons (Fsp3) is 0.353. The summed E-state index contributed by atoms with van der Waals surface area (Å²) in [6, 6.07) is 10.1. The Balaban J connectivity index is 2.03. The van der Waals surface area contributed by atoms with E-state index in [2.05, 4.69) is 38.1 Å². The molecule has 0 aliphatic heterocycles. The predicted molar refractivity (Wildman–Crippen MR) is 82.9 cm³/mol. The first-order chi connectivity index (χ1) is 10.0. The zero-order valence-corrected chi connectivity index (χ0v) is 12.8. The van der Waals surface area contributed by atoms with E-state index in [0.717, 1.165) is 5.56 Å². The largest absolute Gasteiger partial charge is 0.467 e. The third-order valence-corrected chi connectivity index (χ3v) is 3.51. The topological polar surface area (TPSA) is 59.5 Å². The minimum absolute atomic E-state index is 0.0635. The van der Waals surface area contributed by atoms with E-state index in [1.807, 2.05) is 0 Å². The Morgan fingerprint density at radius 1 is 1.29 bits per heavy atom. The molecule has 1 amide bonds. The minimum atomic E-state index is -0.0635. The molecule has 2 aromatic rings. The number of hydrogen-bond donors (Lipinski definition) is 1. The summed E-state index contributed by atoms with van der Waals surface area (Å²) in [6.07, 6.45) is 1.46. The standard InChI is InChI=1S/C17H22N2O2/c1-12(2)14-6-4-13(5-7-14)10-19(3)17(20)15-8-16(9-18)21-11-15/h4-8,11-12H,9-10,18H2,1-3H3. The normalized spacial score (nSPS) is 10.9. The Hall–Kier alpha value is -2.07. The Labute approximate surface area is 125 Å². The number of amides is 1. The molecule has 112 valence electrons. The van der Waals surface area contributed by atoms with Crippen molar-refractivity contribution in [3.8, 4) is 0 Å². The lowest BCUT2D eigenvalue weighted by Crippen LogP contribution is -2.25. The van der Waals surface area contributed by atoms with Crippen LogP contribution in [0.15, 0.2) is 41.0 Å². The molecular weight excluding hydrogens is 264 g/mol. The molecule has 0 spiro atoms. The second kappa shape index (κ2) is 6.59. The van der Waals surface area contributed by atoms with Crippen molar-refractivity contribution in [3.05, 3.63) is 59.0 Å². The van der Waals surface area contributed by atoms with Crippen molar-refractivity contribution in [2.24, 2.45) is 5.73 Å². The van der Waals surface area contributed by atoms with Gasteiger partial charge < -0.3 is 15.1 Å². The SMILES string of the molecule is CC(C)c1ccc(CN(C)C(=O)c2coc(CN)c2)cc1. The van der Waals surface area contributed by atoms with Crippen LogP contribution in [-0.2, 0) is 13.1 Å². The van der Waals surface area contributed by atoms with E-state index >= 15 is 0 Å². The second-order valence-corrected chi connectivity index (χ2v) is 5.56. The van der Waals surface area contributed by atoms with Gasteiger partial charge in [-0.3, -0.25) is 4.79 Å². The summed E-state index contributed by atoms with van der Waals surface area (Å²) in [5.41, 5.74) is 8.43. The van der Waals surface area contributed by atoms with Crippen molar-refractivity contribution < 1.29 is 9.21 Å². The Bertz CT molecular complexity index is 600. The average Bonchev–Trinajstić information content (AvgIpc) is 2.95. The maximum Gasteiger partial charge on any atom is 0.257 e. The van der Waals surface area contributed by atoms with Crippen LogP contribution >= 0.6 is 0 Å². The fourth-order valence-corrected chi connectivity index (χ4v) is 2.17. The fourth-order valence-electron chi connectivity index (χ4n) is 2.17. The van der Waals surface area contributed by atoms with E-state index in [0.29, 0.717) is 30.3 Å². The molecule has 1 aromatic heterocycles. The zero-order valence-electron chi connectivity index (χ0n) is 12.8. The van der Waals surface area contributed by atoms with Crippen LogP contribution in [0, 0.1) is 0 Å². The van der Waals surface area contributed by atoms with Gasteiger partial charge in [-0.15, -0.1) is 0 Å². The lowest BCUT2D eigenvalue weighted by atomic mass is 10.0. The molecule has 4 heteroatoms. The molecule has 4 nitrogen and oxygen atoms in total. The smallest absolute Gasteiger partial charge is 0.257 e. The summed E-state index contributed by atoms with van der Waals surface area (Å²) in [4.78, 5) is 14.0. The summed E-state index contributed by atoms with van der Waals surface area (Å²) in [5, 5.41) is 0. The number of carbonyl (C=O) groups excluding carboxylic acids is 1. The first-order valence-corrected chi connectivity index (χ1v) is 7.13. The van der Waals surface area contributed by atoms with Crippen molar-refractivity contribution in [3.63, 3.8) is 0 Å².